The van der Waals surface area contributed by atoms with Gasteiger partial charge in [-0.1, -0.05) is 0 Å². The Morgan fingerprint density at radius 2 is 2.05 bits per heavy atom. The van der Waals surface area contributed by atoms with Gasteiger partial charge < -0.3 is 0 Å². The Bertz CT molecular complexity index is 555. The molecule has 7 heteroatoms. The number of hydrogen-bond donors (Lipinski definition) is 0. The first-order valence-corrected chi connectivity index (χ1v) is 7.85. The quantitative estimate of drug-likeness (QED) is 0.856. The van der Waals surface area contributed by atoms with Crippen molar-refractivity contribution in [2.45, 2.75) is 38.9 Å². The smallest absolute Gasteiger partial charge is 0.0967 e. The van der Waals surface area contributed by atoms with Crippen molar-refractivity contribution in [3.63, 3.8) is 0 Å². The van der Waals surface area contributed by atoms with Crippen LogP contribution in [0.2, 0.25) is 0 Å². The van der Waals surface area contributed by atoms with Crippen LogP contribution in [0.25, 0.3) is 0 Å². The van der Waals surface area contributed by atoms with Gasteiger partial charge >= 0.3 is 0 Å². The molecule has 0 atom stereocenters. The largest absolute Gasteiger partial charge is 0.297 e. The Hall–Kier alpha value is -1.21. The Labute approximate surface area is 126 Å². The third-order valence-corrected chi connectivity index (χ3v) is 4.16. The van der Waals surface area contributed by atoms with Gasteiger partial charge in [0.25, 0.3) is 0 Å². The maximum Gasteiger partial charge on any atom is 0.0967 e. The zero-order valence-electron chi connectivity index (χ0n) is 11.6. The lowest BCUT2D eigenvalue weighted by molar-refractivity contribution is 0.171. The molecule has 1 saturated heterocycles. The van der Waals surface area contributed by atoms with Crippen LogP contribution in [0.15, 0.2) is 23.1 Å². The standard InChI is InChI=1S/C13H19BrN6/c1-2-20-16-8-12(17-20)10-18-5-3-13(4-6-18)19-9-11(14)7-15-19/h7-9,13H,2-6,10H2,1H3. The molecular weight excluding hydrogens is 320 g/mol. The zero-order chi connectivity index (χ0) is 13.9. The van der Waals surface area contributed by atoms with E-state index in [2.05, 4.69) is 53.9 Å². The third-order valence-electron chi connectivity index (χ3n) is 3.75. The lowest BCUT2D eigenvalue weighted by Crippen LogP contribution is -2.34. The van der Waals surface area contributed by atoms with Gasteiger partial charge in [0.05, 0.1) is 35.1 Å². The Morgan fingerprint density at radius 1 is 1.25 bits per heavy atom. The summed E-state index contributed by atoms with van der Waals surface area (Å²) in [6.45, 7) is 5.95. The topological polar surface area (TPSA) is 51.8 Å². The number of aromatic nitrogens is 5. The van der Waals surface area contributed by atoms with E-state index in [1.807, 2.05) is 12.4 Å². The first-order valence-electron chi connectivity index (χ1n) is 7.05. The van der Waals surface area contributed by atoms with E-state index in [1.54, 1.807) is 4.80 Å². The van der Waals surface area contributed by atoms with Crippen LogP contribution >= 0.6 is 15.9 Å². The maximum atomic E-state index is 4.44. The van der Waals surface area contributed by atoms with Crippen LogP contribution < -0.4 is 0 Å². The number of nitrogens with zero attached hydrogens (tertiary/aromatic N) is 6. The molecule has 0 aliphatic carbocycles. The fraction of sp³-hybridized carbons (Fsp3) is 0.615. The predicted octanol–water partition coefficient (Wildman–Crippen LogP) is 2.09. The summed E-state index contributed by atoms with van der Waals surface area (Å²) in [7, 11) is 0. The van der Waals surface area contributed by atoms with Crippen molar-refractivity contribution in [1.82, 2.24) is 29.7 Å². The number of hydrogen-bond acceptors (Lipinski definition) is 4. The number of aryl methyl sites for hydroxylation is 1. The Morgan fingerprint density at radius 3 is 2.65 bits per heavy atom. The van der Waals surface area contributed by atoms with Gasteiger partial charge in [-0.15, -0.1) is 0 Å². The van der Waals surface area contributed by atoms with Gasteiger partial charge in [0, 0.05) is 25.8 Å². The van der Waals surface area contributed by atoms with Gasteiger partial charge in [-0.2, -0.15) is 20.1 Å². The van der Waals surface area contributed by atoms with E-state index in [0.717, 1.165) is 49.2 Å². The molecule has 1 fully saturated rings. The summed E-state index contributed by atoms with van der Waals surface area (Å²) in [5, 5.41) is 13.1. The molecule has 0 spiro atoms. The van der Waals surface area contributed by atoms with Crippen molar-refractivity contribution >= 4 is 15.9 Å². The number of halogens is 1. The SMILES string of the molecule is CCn1ncc(CN2CCC(n3cc(Br)cn3)CC2)n1. The molecule has 0 amide bonds. The summed E-state index contributed by atoms with van der Waals surface area (Å²) in [6.07, 6.45) is 8.06. The first-order chi connectivity index (χ1) is 9.74. The van der Waals surface area contributed by atoms with Crippen molar-refractivity contribution in [3.8, 4) is 0 Å². The van der Waals surface area contributed by atoms with E-state index in [-0.39, 0.29) is 0 Å². The van der Waals surface area contributed by atoms with Crippen LogP contribution in [0.5, 0.6) is 0 Å². The van der Waals surface area contributed by atoms with Gasteiger partial charge in [-0.05, 0) is 35.7 Å². The molecule has 0 bridgehead atoms. The highest BCUT2D eigenvalue weighted by atomic mass is 79.9. The monoisotopic (exact) mass is 338 g/mol. The molecule has 2 aromatic heterocycles. The molecule has 3 heterocycles. The highest BCUT2D eigenvalue weighted by Crippen LogP contribution is 2.23. The van der Waals surface area contributed by atoms with Crippen LogP contribution in [0.3, 0.4) is 0 Å². The molecule has 1 aliphatic rings. The zero-order valence-corrected chi connectivity index (χ0v) is 13.2. The average Bonchev–Trinajstić information content (AvgIpc) is 3.09. The molecule has 20 heavy (non-hydrogen) atoms. The Kier molecular flexibility index (Phi) is 4.16. The molecule has 108 valence electrons. The van der Waals surface area contributed by atoms with Crippen LogP contribution in [0.4, 0.5) is 0 Å². The molecule has 2 aromatic rings. The predicted molar refractivity (Wildman–Crippen MR) is 79.2 cm³/mol. The highest BCUT2D eigenvalue weighted by Gasteiger charge is 2.21. The summed E-state index contributed by atoms with van der Waals surface area (Å²) in [5.74, 6) is 0. The van der Waals surface area contributed by atoms with Crippen molar-refractivity contribution in [2.75, 3.05) is 13.1 Å². The molecule has 1 aliphatic heterocycles. The van der Waals surface area contributed by atoms with Crippen LogP contribution in [0.1, 0.15) is 31.5 Å². The fourth-order valence-corrected chi connectivity index (χ4v) is 2.94. The second-order valence-corrected chi connectivity index (χ2v) is 6.09. The van der Waals surface area contributed by atoms with Crippen LogP contribution in [-0.4, -0.2) is 42.8 Å². The van der Waals surface area contributed by atoms with E-state index in [0.29, 0.717) is 6.04 Å². The van der Waals surface area contributed by atoms with Crippen molar-refractivity contribution in [1.29, 1.82) is 0 Å². The molecule has 0 unspecified atom stereocenters. The first kappa shape index (κ1) is 13.8. The molecule has 0 saturated carbocycles. The summed E-state index contributed by atoms with van der Waals surface area (Å²) < 4.78 is 3.13. The highest BCUT2D eigenvalue weighted by molar-refractivity contribution is 9.10. The van der Waals surface area contributed by atoms with E-state index in [9.17, 15) is 0 Å². The number of likely N-dealkylation sites (tertiary alicyclic amines) is 1. The average molecular weight is 339 g/mol. The van der Waals surface area contributed by atoms with Crippen molar-refractivity contribution in [2.24, 2.45) is 0 Å². The van der Waals surface area contributed by atoms with Gasteiger partial charge in [0.15, 0.2) is 0 Å². The van der Waals surface area contributed by atoms with E-state index < -0.39 is 0 Å². The molecule has 0 N–H and O–H groups in total. The lowest BCUT2D eigenvalue weighted by Gasteiger charge is -2.31. The number of rotatable bonds is 4. The fourth-order valence-electron chi connectivity index (χ4n) is 2.64. The minimum atomic E-state index is 0.517. The lowest BCUT2D eigenvalue weighted by atomic mass is 10.1. The van der Waals surface area contributed by atoms with Gasteiger partial charge in [0.1, 0.15) is 0 Å². The summed E-state index contributed by atoms with van der Waals surface area (Å²) in [4.78, 5) is 4.18. The number of piperidine rings is 1. The summed E-state index contributed by atoms with van der Waals surface area (Å²) in [6, 6.07) is 0.517. The molecular formula is C13H19BrN6. The second kappa shape index (κ2) is 6.05. The normalized spacial score (nSPS) is 17.7. The van der Waals surface area contributed by atoms with E-state index >= 15 is 0 Å². The van der Waals surface area contributed by atoms with E-state index in [1.165, 1.54) is 0 Å². The van der Waals surface area contributed by atoms with Gasteiger partial charge in [0.2, 0.25) is 0 Å². The van der Waals surface area contributed by atoms with Crippen molar-refractivity contribution in [3.05, 3.63) is 28.8 Å². The minimum Gasteiger partial charge on any atom is -0.297 e. The minimum absolute atomic E-state index is 0.517. The van der Waals surface area contributed by atoms with Crippen LogP contribution in [0, 0.1) is 0 Å². The molecule has 3 rings (SSSR count). The second-order valence-electron chi connectivity index (χ2n) is 5.17. The van der Waals surface area contributed by atoms with Gasteiger partial charge in [-0.3, -0.25) is 9.58 Å². The summed E-state index contributed by atoms with van der Waals surface area (Å²) >= 11 is 3.45. The van der Waals surface area contributed by atoms with Crippen LogP contribution in [-0.2, 0) is 13.1 Å². The van der Waals surface area contributed by atoms with E-state index in [4.69, 9.17) is 0 Å². The van der Waals surface area contributed by atoms with Crippen molar-refractivity contribution < 1.29 is 0 Å². The Balaban J connectivity index is 1.53. The molecule has 0 radical (unpaired) electrons. The maximum absolute atomic E-state index is 4.44. The molecule has 6 nitrogen and oxygen atoms in total. The third kappa shape index (κ3) is 3.09. The summed E-state index contributed by atoms with van der Waals surface area (Å²) in [5.41, 5.74) is 1.06. The van der Waals surface area contributed by atoms with Gasteiger partial charge in [-0.25, -0.2) is 0 Å². The molecule has 0 aromatic carbocycles.